The Morgan fingerprint density at radius 3 is 2.26 bits per heavy atom. The Labute approximate surface area is 139 Å². The average Bonchev–Trinajstić information content (AvgIpc) is 2.90. The van der Waals surface area contributed by atoms with E-state index < -0.39 is 15.9 Å². The third-order valence-electron chi connectivity index (χ3n) is 3.59. The topological polar surface area (TPSA) is 54.5 Å². The predicted octanol–water partition coefficient (Wildman–Crippen LogP) is 3.30. The van der Waals surface area contributed by atoms with E-state index in [0.717, 1.165) is 0 Å². The number of carbonyl (C=O) groups excluding carboxylic acids is 1. The number of halogens is 1. The van der Waals surface area contributed by atoms with Gasteiger partial charge in [-0.1, -0.05) is 29.8 Å². The van der Waals surface area contributed by atoms with Gasteiger partial charge in [0.1, 0.15) is 0 Å². The first-order chi connectivity index (χ1) is 11.0. The van der Waals surface area contributed by atoms with Crippen molar-refractivity contribution in [1.82, 2.24) is 0 Å². The Morgan fingerprint density at radius 2 is 1.70 bits per heavy atom. The quantitative estimate of drug-likeness (QED) is 0.856. The lowest BCUT2D eigenvalue weighted by molar-refractivity contribution is 0.0983. The number of nitrogens with zero attached hydrogens (tertiary/aromatic N) is 1. The largest absolute Gasteiger partial charge is 0.300 e. The molecular weight excluding hydrogens is 334 g/mol. The fraction of sp³-hybridized carbons (Fsp3) is 0.118. The standard InChI is InChI=1S/C17H14ClNO3S/c18-14-6-8-15(9-7-14)19(16-10-11-23(21,22)12-16)17(20)13-4-2-1-3-5-13/h1-11,16H,12H2/t16-/m0/s1. The maximum Gasteiger partial charge on any atom is 0.258 e. The van der Waals surface area contributed by atoms with Gasteiger partial charge in [0, 0.05) is 21.7 Å². The van der Waals surface area contributed by atoms with Gasteiger partial charge in [0.2, 0.25) is 0 Å². The molecule has 0 fully saturated rings. The molecule has 23 heavy (non-hydrogen) atoms. The smallest absolute Gasteiger partial charge is 0.258 e. The van der Waals surface area contributed by atoms with Crippen LogP contribution in [-0.4, -0.2) is 26.1 Å². The number of sulfone groups is 1. The summed E-state index contributed by atoms with van der Waals surface area (Å²) >= 11 is 5.90. The minimum absolute atomic E-state index is 0.117. The molecule has 118 valence electrons. The predicted molar refractivity (Wildman–Crippen MR) is 91.4 cm³/mol. The number of carbonyl (C=O) groups is 1. The third-order valence-corrected chi connectivity index (χ3v) is 5.22. The van der Waals surface area contributed by atoms with E-state index in [1.165, 1.54) is 10.3 Å². The van der Waals surface area contributed by atoms with E-state index in [2.05, 4.69) is 0 Å². The Kier molecular flexibility index (Phi) is 4.24. The molecule has 0 aromatic heterocycles. The van der Waals surface area contributed by atoms with Crippen LogP contribution < -0.4 is 4.90 Å². The minimum atomic E-state index is -3.27. The lowest BCUT2D eigenvalue weighted by atomic mass is 10.1. The lowest BCUT2D eigenvalue weighted by Gasteiger charge is -2.27. The van der Waals surface area contributed by atoms with Gasteiger partial charge in [0.25, 0.3) is 5.91 Å². The lowest BCUT2D eigenvalue weighted by Crippen LogP contribution is -2.41. The van der Waals surface area contributed by atoms with Crippen LogP contribution >= 0.6 is 11.6 Å². The fourth-order valence-corrected chi connectivity index (χ4v) is 3.90. The molecular formula is C17H14ClNO3S. The van der Waals surface area contributed by atoms with Crippen molar-refractivity contribution in [3.63, 3.8) is 0 Å². The molecule has 0 N–H and O–H groups in total. The fourth-order valence-electron chi connectivity index (χ4n) is 2.50. The van der Waals surface area contributed by atoms with Crippen LogP contribution in [-0.2, 0) is 9.84 Å². The van der Waals surface area contributed by atoms with Crippen molar-refractivity contribution < 1.29 is 13.2 Å². The van der Waals surface area contributed by atoms with Crippen LogP contribution in [0.4, 0.5) is 5.69 Å². The molecule has 1 amide bonds. The Balaban J connectivity index is 2.02. The van der Waals surface area contributed by atoms with Crippen molar-refractivity contribution in [1.29, 1.82) is 0 Å². The molecule has 1 aliphatic heterocycles. The van der Waals surface area contributed by atoms with Crippen molar-refractivity contribution in [2.75, 3.05) is 10.7 Å². The van der Waals surface area contributed by atoms with Crippen molar-refractivity contribution in [2.45, 2.75) is 6.04 Å². The van der Waals surface area contributed by atoms with E-state index >= 15 is 0 Å². The molecule has 0 radical (unpaired) electrons. The highest BCUT2D eigenvalue weighted by molar-refractivity contribution is 7.94. The summed E-state index contributed by atoms with van der Waals surface area (Å²) in [6, 6.07) is 15.0. The molecule has 0 saturated heterocycles. The molecule has 2 aromatic carbocycles. The zero-order valence-corrected chi connectivity index (χ0v) is 13.7. The van der Waals surface area contributed by atoms with Crippen LogP contribution in [0.2, 0.25) is 5.02 Å². The van der Waals surface area contributed by atoms with Crippen molar-refractivity contribution in [3.8, 4) is 0 Å². The van der Waals surface area contributed by atoms with Gasteiger partial charge >= 0.3 is 0 Å². The molecule has 6 heteroatoms. The number of benzene rings is 2. The van der Waals surface area contributed by atoms with E-state index in [1.807, 2.05) is 6.07 Å². The average molecular weight is 348 g/mol. The highest BCUT2D eigenvalue weighted by Gasteiger charge is 2.31. The number of anilines is 1. The second-order valence-corrected chi connectivity index (χ2v) is 7.61. The monoisotopic (exact) mass is 347 g/mol. The summed E-state index contributed by atoms with van der Waals surface area (Å²) in [6.07, 6.45) is 1.55. The minimum Gasteiger partial charge on any atom is -0.300 e. The Bertz CT molecular complexity index is 845. The van der Waals surface area contributed by atoms with Gasteiger partial charge in [-0.05, 0) is 42.5 Å². The van der Waals surface area contributed by atoms with E-state index in [4.69, 9.17) is 11.6 Å². The number of rotatable bonds is 3. The molecule has 1 aliphatic rings. The van der Waals surface area contributed by atoms with Crippen LogP contribution in [0, 0.1) is 0 Å². The zero-order chi connectivity index (χ0) is 16.4. The van der Waals surface area contributed by atoms with Gasteiger partial charge in [-0.25, -0.2) is 8.42 Å². The SMILES string of the molecule is O=C(c1ccccc1)N(c1ccc(Cl)cc1)[C@H]1C=CS(=O)(=O)C1. The second-order valence-electron chi connectivity index (χ2n) is 5.24. The maximum absolute atomic E-state index is 12.9. The second kappa shape index (κ2) is 6.18. The van der Waals surface area contributed by atoms with Gasteiger partial charge < -0.3 is 4.90 Å². The van der Waals surface area contributed by atoms with Crippen LogP contribution in [0.1, 0.15) is 10.4 Å². The molecule has 1 heterocycles. The number of amides is 1. The summed E-state index contributed by atoms with van der Waals surface area (Å²) in [7, 11) is -3.27. The molecule has 3 rings (SSSR count). The van der Waals surface area contributed by atoms with E-state index in [9.17, 15) is 13.2 Å². The Morgan fingerprint density at radius 1 is 1.04 bits per heavy atom. The van der Waals surface area contributed by atoms with Gasteiger partial charge in [-0.15, -0.1) is 0 Å². The highest BCUT2D eigenvalue weighted by atomic mass is 35.5. The van der Waals surface area contributed by atoms with Crippen molar-refractivity contribution in [3.05, 3.63) is 76.7 Å². The first-order valence-corrected chi connectivity index (χ1v) is 9.11. The molecule has 0 saturated carbocycles. The number of hydrogen-bond acceptors (Lipinski definition) is 3. The van der Waals surface area contributed by atoms with E-state index in [-0.39, 0.29) is 11.7 Å². The summed E-state index contributed by atoms with van der Waals surface area (Å²) in [5, 5.41) is 1.72. The van der Waals surface area contributed by atoms with E-state index in [1.54, 1.807) is 54.6 Å². The molecule has 1 atom stereocenters. The van der Waals surface area contributed by atoms with Gasteiger partial charge in [-0.2, -0.15) is 0 Å². The normalized spacial score (nSPS) is 18.7. The van der Waals surface area contributed by atoms with E-state index in [0.29, 0.717) is 16.3 Å². The first kappa shape index (κ1) is 15.8. The molecule has 0 bridgehead atoms. The van der Waals surface area contributed by atoms with Crippen molar-refractivity contribution >= 4 is 33.0 Å². The zero-order valence-electron chi connectivity index (χ0n) is 12.1. The third kappa shape index (κ3) is 3.46. The Hall–Kier alpha value is -2.11. The molecule has 0 spiro atoms. The molecule has 4 nitrogen and oxygen atoms in total. The summed E-state index contributed by atoms with van der Waals surface area (Å²) in [6.45, 7) is 0. The van der Waals surface area contributed by atoms with Crippen LogP contribution in [0.5, 0.6) is 0 Å². The van der Waals surface area contributed by atoms with Gasteiger partial charge in [0.05, 0.1) is 11.8 Å². The maximum atomic E-state index is 12.9. The van der Waals surface area contributed by atoms with Gasteiger partial charge in [0.15, 0.2) is 9.84 Å². The van der Waals surface area contributed by atoms with Crippen LogP contribution in [0.25, 0.3) is 0 Å². The summed E-state index contributed by atoms with van der Waals surface area (Å²) < 4.78 is 23.5. The summed E-state index contributed by atoms with van der Waals surface area (Å²) in [5.41, 5.74) is 1.11. The summed E-state index contributed by atoms with van der Waals surface area (Å²) in [4.78, 5) is 14.4. The molecule has 0 aliphatic carbocycles. The molecule has 0 unspecified atom stereocenters. The van der Waals surface area contributed by atoms with Crippen molar-refractivity contribution in [2.24, 2.45) is 0 Å². The van der Waals surface area contributed by atoms with Crippen LogP contribution in [0.15, 0.2) is 66.1 Å². The summed E-state index contributed by atoms with van der Waals surface area (Å²) in [5.74, 6) is -0.367. The van der Waals surface area contributed by atoms with Gasteiger partial charge in [-0.3, -0.25) is 4.79 Å². The first-order valence-electron chi connectivity index (χ1n) is 7.01. The number of hydrogen-bond donors (Lipinski definition) is 0. The molecule has 2 aromatic rings. The highest BCUT2D eigenvalue weighted by Crippen LogP contribution is 2.26. The van der Waals surface area contributed by atoms with Crippen LogP contribution in [0.3, 0.4) is 0 Å².